The van der Waals surface area contributed by atoms with E-state index in [0.29, 0.717) is 16.7 Å². The molecule has 0 atom stereocenters. The Labute approximate surface area is 136 Å². The van der Waals surface area contributed by atoms with E-state index in [1.54, 1.807) is 60.7 Å². The lowest BCUT2D eigenvalue weighted by Gasteiger charge is -2.02. The van der Waals surface area contributed by atoms with Gasteiger partial charge in [0.2, 0.25) is 5.89 Å². The van der Waals surface area contributed by atoms with Crippen molar-refractivity contribution in [1.29, 1.82) is 0 Å². The van der Waals surface area contributed by atoms with Crippen LogP contribution >= 0.6 is 0 Å². The minimum Gasteiger partial charge on any atom is -0.482 e. The van der Waals surface area contributed by atoms with Crippen molar-refractivity contribution in [2.24, 2.45) is 0 Å². The number of aromatic nitrogens is 1. The largest absolute Gasteiger partial charge is 0.482 e. The third-order valence-electron chi connectivity index (χ3n) is 3.20. The van der Waals surface area contributed by atoms with Gasteiger partial charge in [-0.1, -0.05) is 24.3 Å². The zero-order valence-corrected chi connectivity index (χ0v) is 12.5. The third-order valence-corrected chi connectivity index (χ3v) is 3.20. The standard InChI is InChI=1S/C18H13NO5/c20-17(21)11-23-13-8-5-12(6-9-13)7-10-16-19-18(22)14-3-1-2-4-15(14)24-16/h1-10H,11H2,(H,20,21)/b10-7+. The molecule has 0 aliphatic carbocycles. The molecule has 0 saturated carbocycles. The molecule has 24 heavy (non-hydrogen) atoms. The molecule has 6 nitrogen and oxygen atoms in total. The number of fused-ring (bicyclic) bond motifs is 1. The fourth-order valence-electron chi connectivity index (χ4n) is 2.09. The maximum Gasteiger partial charge on any atom is 0.341 e. The quantitative estimate of drug-likeness (QED) is 0.776. The number of ether oxygens (including phenoxy) is 1. The average molecular weight is 323 g/mol. The monoisotopic (exact) mass is 323 g/mol. The second kappa shape index (κ2) is 6.78. The Kier molecular flexibility index (Phi) is 4.38. The number of carboxylic acids is 1. The summed E-state index contributed by atoms with van der Waals surface area (Å²) in [7, 11) is 0. The number of hydrogen-bond donors (Lipinski definition) is 1. The Bertz CT molecular complexity index is 957. The van der Waals surface area contributed by atoms with Crippen molar-refractivity contribution >= 4 is 29.1 Å². The number of benzene rings is 2. The molecule has 0 radical (unpaired) electrons. The van der Waals surface area contributed by atoms with Crippen molar-refractivity contribution in [1.82, 2.24) is 4.98 Å². The molecule has 0 aliphatic heterocycles. The molecule has 1 aromatic heterocycles. The molecule has 6 heteroatoms. The highest BCUT2D eigenvalue weighted by Gasteiger charge is 2.03. The van der Waals surface area contributed by atoms with E-state index in [2.05, 4.69) is 4.98 Å². The highest BCUT2D eigenvalue weighted by Crippen LogP contribution is 2.15. The molecule has 0 saturated heterocycles. The summed E-state index contributed by atoms with van der Waals surface area (Å²) < 4.78 is 10.6. The Morgan fingerprint density at radius 3 is 2.62 bits per heavy atom. The first kappa shape index (κ1) is 15.5. The predicted molar refractivity (Wildman–Crippen MR) is 88.8 cm³/mol. The molecule has 0 amide bonds. The van der Waals surface area contributed by atoms with Crippen LogP contribution in [0.25, 0.3) is 23.1 Å². The lowest BCUT2D eigenvalue weighted by molar-refractivity contribution is -0.139. The summed E-state index contributed by atoms with van der Waals surface area (Å²) in [5, 5.41) is 9.00. The number of carbonyl (C=O) groups is 1. The van der Waals surface area contributed by atoms with Gasteiger partial charge in [-0.3, -0.25) is 4.79 Å². The van der Waals surface area contributed by atoms with Crippen LogP contribution in [0.15, 0.2) is 57.7 Å². The maximum absolute atomic E-state index is 11.9. The zero-order valence-electron chi connectivity index (χ0n) is 12.5. The topological polar surface area (TPSA) is 89.6 Å². The number of hydrogen-bond acceptors (Lipinski definition) is 5. The predicted octanol–water partition coefficient (Wildman–Crippen LogP) is 2.82. The molecule has 0 aliphatic rings. The van der Waals surface area contributed by atoms with Gasteiger partial charge in [0.25, 0.3) is 5.56 Å². The highest BCUT2D eigenvalue weighted by molar-refractivity contribution is 5.76. The molecule has 3 aromatic rings. The van der Waals surface area contributed by atoms with Crippen LogP contribution in [0.5, 0.6) is 5.75 Å². The third kappa shape index (κ3) is 3.67. The van der Waals surface area contributed by atoms with E-state index in [-0.39, 0.29) is 18.1 Å². The normalized spacial score (nSPS) is 11.0. The molecule has 0 unspecified atom stereocenters. The molecule has 3 rings (SSSR count). The van der Waals surface area contributed by atoms with Gasteiger partial charge in [-0.25, -0.2) is 4.79 Å². The Morgan fingerprint density at radius 1 is 1.12 bits per heavy atom. The van der Waals surface area contributed by atoms with Crippen LogP contribution in [-0.4, -0.2) is 22.7 Å². The molecular weight excluding hydrogens is 310 g/mol. The van der Waals surface area contributed by atoms with Gasteiger partial charge in [0, 0.05) is 6.08 Å². The molecule has 120 valence electrons. The first-order valence-electron chi connectivity index (χ1n) is 7.14. The summed E-state index contributed by atoms with van der Waals surface area (Å²) in [4.78, 5) is 26.2. The van der Waals surface area contributed by atoms with E-state index in [0.717, 1.165) is 5.56 Å². The van der Waals surface area contributed by atoms with Gasteiger partial charge in [0.15, 0.2) is 6.61 Å². The molecule has 2 aromatic carbocycles. The number of carboxylic acid groups (broad SMARTS) is 1. The van der Waals surface area contributed by atoms with E-state index in [9.17, 15) is 9.59 Å². The molecule has 1 heterocycles. The highest BCUT2D eigenvalue weighted by atomic mass is 16.5. The van der Waals surface area contributed by atoms with Crippen LogP contribution in [-0.2, 0) is 4.79 Å². The van der Waals surface area contributed by atoms with E-state index >= 15 is 0 Å². The number of nitrogens with zero attached hydrogens (tertiary/aromatic N) is 1. The summed E-state index contributed by atoms with van der Waals surface area (Å²) in [6.07, 6.45) is 3.34. The van der Waals surface area contributed by atoms with E-state index in [1.165, 1.54) is 0 Å². The van der Waals surface area contributed by atoms with Gasteiger partial charge in [-0.05, 0) is 35.9 Å². The zero-order chi connectivity index (χ0) is 16.9. The minimum atomic E-state index is -1.03. The minimum absolute atomic E-state index is 0.213. The van der Waals surface area contributed by atoms with Crippen LogP contribution in [0, 0.1) is 0 Å². The molecule has 0 fully saturated rings. The Morgan fingerprint density at radius 2 is 1.88 bits per heavy atom. The van der Waals surface area contributed by atoms with Crippen molar-refractivity contribution in [2.45, 2.75) is 0 Å². The Hall–Kier alpha value is -3.41. The first-order chi connectivity index (χ1) is 11.6. The fourth-order valence-corrected chi connectivity index (χ4v) is 2.09. The van der Waals surface area contributed by atoms with Crippen molar-refractivity contribution in [3.8, 4) is 5.75 Å². The fraction of sp³-hybridized carbons (Fsp3) is 0.0556. The summed E-state index contributed by atoms with van der Waals surface area (Å²) in [6.45, 7) is -0.388. The van der Waals surface area contributed by atoms with Crippen LogP contribution in [0.1, 0.15) is 11.5 Å². The summed E-state index contributed by atoms with van der Waals surface area (Å²) >= 11 is 0. The van der Waals surface area contributed by atoms with Gasteiger partial charge in [-0.15, -0.1) is 0 Å². The lowest BCUT2D eigenvalue weighted by atomic mass is 10.2. The second-order valence-corrected chi connectivity index (χ2v) is 4.94. The van der Waals surface area contributed by atoms with Crippen LogP contribution < -0.4 is 10.3 Å². The van der Waals surface area contributed by atoms with Gasteiger partial charge < -0.3 is 14.3 Å². The van der Waals surface area contributed by atoms with Crippen molar-refractivity contribution < 1.29 is 19.1 Å². The SMILES string of the molecule is O=C(O)COc1ccc(/C=C/c2nc(=O)c3ccccc3o2)cc1. The Balaban J connectivity index is 1.78. The molecule has 0 bridgehead atoms. The van der Waals surface area contributed by atoms with Crippen molar-refractivity contribution in [3.63, 3.8) is 0 Å². The summed E-state index contributed by atoms with van der Waals surface area (Å²) in [6, 6.07) is 13.7. The van der Waals surface area contributed by atoms with Crippen LogP contribution in [0.3, 0.4) is 0 Å². The molecule has 0 spiro atoms. The smallest absolute Gasteiger partial charge is 0.341 e. The summed E-state index contributed by atoms with van der Waals surface area (Å²) in [5.74, 6) is -0.355. The van der Waals surface area contributed by atoms with Gasteiger partial charge in [0.1, 0.15) is 11.3 Å². The first-order valence-corrected chi connectivity index (χ1v) is 7.14. The van der Waals surface area contributed by atoms with Gasteiger partial charge in [0.05, 0.1) is 5.39 Å². The number of aliphatic carboxylic acids is 1. The van der Waals surface area contributed by atoms with Crippen LogP contribution in [0.4, 0.5) is 0 Å². The van der Waals surface area contributed by atoms with E-state index in [1.807, 2.05) is 0 Å². The van der Waals surface area contributed by atoms with E-state index in [4.69, 9.17) is 14.3 Å². The number of rotatable bonds is 5. The van der Waals surface area contributed by atoms with Crippen molar-refractivity contribution in [2.75, 3.05) is 6.61 Å². The van der Waals surface area contributed by atoms with Gasteiger partial charge in [-0.2, -0.15) is 4.98 Å². The maximum atomic E-state index is 11.9. The molecule has 1 N–H and O–H groups in total. The second-order valence-electron chi connectivity index (χ2n) is 4.94. The average Bonchev–Trinajstić information content (AvgIpc) is 2.59. The van der Waals surface area contributed by atoms with Crippen molar-refractivity contribution in [3.05, 3.63) is 70.3 Å². The van der Waals surface area contributed by atoms with E-state index < -0.39 is 5.97 Å². The van der Waals surface area contributed by atoms with Crippen LogP contribution in [0.2, 0.25) is 0 Å². The van der Waals surface area contributed by atoms with Gasteiger partial charge >= 0.3 is 5.97 Å². The lowest BCUT2D eigenvalue weighted by Crippen LogP contribution is -2.09. The number of para-hydroxylation sites is 1. The molecular formula is C18H13NO5. The summed E-state index contributed by atoms with van der Waals surface area (Å²) in [5.41, 5.74) is 0.971.